The molecule has 0 aliphatic carbocycles. The van der Waals surface area contributed by atoms with Gasteiger partial charge in [-0.3, -0.25) is 0 Å². The van der Waals surface area contributed by atoms with Gasteiger partial charge in [-0.1, -0.05) is 6.07 Å². The monoisotopic (exact) mass is 452 g/mol. The third-order valence-corrected chi connectivity index (χ3v) is 5.53. The lowest BCUT2D eigenvalue weighted by molar-refractivity contribution is 0.154. The Balaban J connectivity index is 1.54. The number of hydrogen-bond donors (Lipinski definition) is 2. The molecule has 1 amide bonds. The SMILES string of the molecule is Nc1ncnc2c1c(-c1ccc(Oc3cccc(F)c3)cc1F)nn2[C@@H]1CCN(C(=O)O)C1. The van der Waals surface area contributed by atoms with E-state index in [-0.39, 0.29) is 41.2 Å². The Labute approximate surface area is 186 Å². The Morgan fingerprint density at radius 2 is 1.97 bits per heavy atom. The number of nitrogens with zero attached hydrogens (tertiary/aromatic N) is 5. The van der Waals surface area contributed by atoms with Crippen molar-refractivity contribution in [1.82, 2.24) is 24.6 Å². The third-order valence-electron chi connectivity index (χ3n) is 5.53. The number of benzene rings is 2. The number of amides is 1. The molecule has 1 aliphatic rings. The van der Waals surface area contributed by atoms with Crippen molar-refractivity contribution >= 4 is 22.9 Å². The van der Waals surface area contributed by atoms with E-state index >= 15 is 4.39 Å². The summed E-state index contributed by atoms with van der Waals surface area (Å²) < 4.78 is 35.7. The lowest BCUT2D eigenvalue weighted by atomic mass is 10.1. The summed E-state index contributed by atoms with van der Waals surface area (Å²) in [6, 6.07) is 9.45. The van der Waals surface area contributed by atoms with Crippen LogP contribution < -0.4 is 10.5 Å². The average Bonchev–Trinajstić information content (AvgIpc) is 3.40. The van der Waals surface area contributed by atoms with E-state index in [1.165, 1.54) is 47.6 Å². The fraction of sp³-hybridized carbons (Fsp3) is 0.182. The van der Waals surface area contributed by atoms with Crippen LogP contribution in [0.4, 0.5) is 19.4 Å². The van der Waals surface area contributed by atoms with E-state index in [1.807, 2.05) is 0 Å². The molecule has 0 radical (unpaired) electrons. The van der Waals surface area contributed by atoms with Crippen molar-refractivity contribution in [3.63, 3.8) is 0 Å². The number of halogens is 2. The summed E-state index contributed by atoms with van der Waals surface area (Å²) >= 11 is 0. The molecule has 2 aromatic heterocycles. The Morgan fingerprint density at radius 3 is 2.70 bits per heavy atom. The molecule has 0 saturated carbocycles. The predicted molar refractivity (Wildman–Crippen MR) is 115 cm³/mol. The lowest BCUT2D eigenvalue weighted by Gasteiger charge is -2.13. The van der Waals surface area contributed by atoms with Crippen LogP contribution in [0.1, 0.15) is 12.5 Å². The number of fused-ring (bicyclic) bond motifs is 1. The number of anilines is 1. The van der Waals surface area contributed by atoms with Gasteiger partial charge in [0.1, 0.15) is 41.0 Å². The van der Waals surface area contributed by atoms with Crippen LogP contribution in [0, 0.1) is 11.6 Å². The topological polar surface area (TPSA) is 119 Å². The minimum atomic E-state index is -1.01. The minimum absolute atomic E-state index is 0.133. The number of aromatic nitrogens is 4. The molecule has 4 aromatic rings. The largest absolute Gasteiger partial charge is 0.465 e. The fourth-order valence-corrected chi connectivity index (χ4v) is 3.97. The second kappa shape index (κ2) is 8.01. The Bertz CT molecular complexity index is 1380. The van der Waals surface area contributed by atoms with Crippen LogP contribution in [0.25, 0.3) is 22.3 Å². The Hall–Kier alpha value is -4.28. The Morgan fingerprint density at radius 1 is 1.15 bits per heavy atom. The molecular formula is C22H18F2N6O3. The molecule has 1 atom stereocenters. The molecule has 168 valence electrons. The zero-order chi connectivity index (χ0) is 23.1. The number of hydrogen-bond acceptors (Lipinski definition) is 6. The van der Waals surface area contributed by atoms with E-state index in [4.69, 9.17) is 10.5 Å². The molecule has 3 heterocycles. The second-order valence-electron chi connectivity index (χ2n) is 7.62. The first-order chi connectivity index (χ1) is 15.9. The quantitative estimate of drug-likeness (QED) is 0.479. The molecule has 1 saturated heterocycles. The summed E-state index contributed by atoms with van der Waals surface area (Å²) in [5, 5.41) is 14.2. The lowest BCUT2D eigenvalue weighted by Crippen LogP contribution is -2.27. The number of rotatable bonds is 4. The third kappa shape index (κ3) is 3.77. The van der Waals surface area contributed by atoms with Crippen molar-refractivity contribution in [2.24, 2.45) is 0 Å². The average molecular weight is 452 g/mol. The molecule has 11 heteroatoms. The van der Waals surface area contributed by atoms with Gasteiger partial charge in [0.15, 0.2) is 5.65 Å². The van der Waals surface area contributed by atoms with E-state index in [0.29, 0.717) is 24.0 Å². The van der Waals surface area contributed by atoms with E-state index in [0.717, 1.165) is 0 Å². The fourth-order valence-electron chi connectivity index (χ4n) is 3.97. The number of ether oxygens (including phenoxy) is 1. The molecule has 5 rings (SSSR count). The van der Waals surface area contributed by atoms with Gasteiger partial charge in [0, 0.05) is 30.8 Å². The van der Waals surface area contributed by atoms with Gasteiger partial charge >= 0.3 is 6.09 Å². The van der Waals surface area contributed by atoms with Crippen LogP contribution in [0.2, 0.25) is 0 Å². The molecular weight excluding hydrogens is 434 g/mol. The van der Waals surface area contributed by atoms with E-state index in [1.54, 1.807) is 10.7 Å². The molecule has 1 aliphatic heterocycles. The minimum Gasteiger partial charge on any atom is -0.465 e. The van der Waals surface area contributed by atoms with Gasteiger partial charge < -0.3 is 20.5 Å². The van der Waals surface area contributed by atoms with Crippen LogP contribution in [0.15, 0.2) is 48.8 Å². The molecule has 9 nitrogen and oxygen atoms in total. The van der Waals surface area contributed by atoms with Crippen LogP contribution in [-0.4, -0.2) is 48.9 Å². The first kappa shape index (κ1) is 20.6. The molecule has 1 fully saturated rings. The van der Waals surface area contributed by atoms with Crippen molar-refractivity contribution < 1.29 is 23.4 Å². The summed E-state index contributed by atoms with van der Waals surface area (Å²) in [6.07, 6.45) is 0.814. The summed E-state index contributed by atoms with van der Waals surface area (Å²) in [7, 11) is 0. The highest BCUT2D eigenvalue weighted by Crippen LogP contribution is 2.36. The summed E-state index contributed by atoms with van der Waals surface area (Å²) in [5.74, 6) is -0.544. The normalized spacial score (nSPS) is 15.8. The summed E-state index contributed by atoms with van der Waals surface area (Å²) in [5.41, 5.74) is 6.88. The maximum atomic E-state index is 15.2. The summed E-state index contributed by atoms with van der Waals surface area (Å²) in [4.78, 5) is 20.9. The highest BCUT2D eigenvalue weighted by Gasteiger charge is 2.31. The van der Waals surface area contributed by atoms with Crippen LogP contribution >= 0.6 is 0 Å². The molecule has 0 spiro atoms. The number of likely N-dealkylation sites (tertiary alicyclic amines) is 1. The number of nitrogens with two attached hydrogens (primary N) is 1. The highest BCUT2D eigenvalue weighted by atomic mass is 19.1. The van der Waals surface area contributed by atoms with Crippen molar-refractivity contribution in [1.29, 1.82) is 0 Å². The van der Waals surface area contributed by atoms with E-state index in [9.17, 15) is 14.3 Å². The van der Waals surface area contributed by atoms with Gasteiger partial charge in [0.05, 0.1) is 11.4 Å². The predicted octanol–water partition coefficient (Wildman–Crippen LogP) is 4.07. The van der Waals surface area contributed by atoms with Crippen molar-refractivity contribution in [2.75, 3.05) is 18.8 Å². The van der Waals surface area contributed by atoms with Gasteiger partial charge in [-0.15, -0.1) is 0 Å². The van der Waals surface area contributed by atoms with E-state index < -0.39 is 17.7 Å². The molecule has 2 aromatic carbocycles. The van der Waals surface area contributed by atoms with Crippen LogP contribution in [-0.2, 0) is 0 Å². The van der Waals surface area contributed by atoms with E-state index in [2.05, 4.69) is 15.1 Å². The zero-order valence-electron chi connectivity index (χ0n) is 17.2. The Kier molecular flexibility index (Phi) is 5.00. The first-order valence-electron chi connectivity index (χ1n) is 10.1. The number of nitrogen functional groups attached to an aromatic ring is 1. The summed E-state index contributed by atoms with van der Waals surface area (Å²) in [6.45, 7) is 0.593. The molecule has 3 N–H and O–H groups in total. The second-order valence-corrected chi connectivity index (χ2v) is 7.62. The van der Waals surface area contributed by atoms with Crippen LogP contribution in [0.3, 0.4) is 0 Å². The maximum absolute atomic E-state index is 15.2. The zero-order valence-corrected chi connectivity index (χ0v) is 17.2. The van der Waals surface area contributed by atoms with Gasteiger partial charge in [-0.25, -0.2) is 28.2 Å². The smallest absolute Gasteiger partial charge is 0.407 e. The van der Waals surface area contributed by atoms with Crippen molar-refractivity contribution in [3.05, 3.63) is 60.4 Å². The highest BCUT2D eigenvalue weighted by molar-refractivity contribution is 5.98. The molecule has 33 heavy (non-hydrogen) atoms. The van der Waals surface area contributed by atoms with Gasteiger partial charge in [-0.05, 0) is 30.7 Å². The van der Waals surface area contributed by atoms with Crippen molar-refractivity contribution in [3.8, 4) is 22.8 Å². The van der Waals surface area contributed by atoms with Crippen LogP contribution in [0.5, 0.6) is 11.5 Å². The van der Waals surface area contributed by atoms with Gasteiger partial charge in [0.25, 0.3) is 0 Å². The van der Waals surface area contributed by atoms with Gasteiger partial charge in [0.2, 0.25) is 0 Å². The number of carboxylic acid groups (broad SMARTS) is 1. The molecule has 0 unspecified atom stereocenters. The first-order valence-corrected chi connectivity index (χ1v) is 10.1. The number of carbonyl (C=O) groups is 1. The molecule has 0 bridgehead atoms. The maximum Gasteiger partial charge on any atom is 0.407 e. The standard InChI is InChI=1S/C22H18F2N6O3/c23-12-2-1-3-14(8-12)33-15-4-5-16(17(24)9-15)19-18-20(25)26-11-27-21(18)30(28-19)13-6-7-29(10-13)22(31)32/h1-5,8-9,11,13H,6-7,10H2,(H,31,32)(H2,25,26,27)/t13-/m1/s1. The van der Waals surface area contributed by atoms with Gasteiger partial charge in [-0.2, -0.15) is 5.10 Å². The van der Waals surface area contributed by atoms with Crippen molar-refractivity contribution in [2.45, 2.75) is 12.5 Å².